The summed E-state index contributed by atoms with van der Waals surface area (Å²) in [4.78, 5) is 7.78. The van der Waals surface area contributed by atoms with Crippen LogP contribution in [-0.4, -0.2) is 6.71 Å². The van der Waals surface area contributed by atoms with Crippen molar-refractivity contribution in [2.75, 3.05) is 14.7 Å². The number of hydrogen-bond acceptors (Lipinski definition) is 4. The van der Waals surface area contributed by atoms with E-state index in [-0.39, 0.29) is 39.2 Å². The van der Waals surface area contributed by atoms with Gasteiger partial charge in [0.1, 0.15) is 5.58 Å². The van der Waals surface area contributed by atoms with Gasteiger partial charge in [0.15, 0.2) is 0 Å². The molecule has 5 heteroatoms. The molecule has 3 aliphatic rings. The third-order valence-electron chi connectivity index (χ3n) is 17.4. The first-order valence-electron chi connectivity index (χ1n) is 27.7. The summed E-state index contributed by atoms with van der Waals surface area (Å²) in [6.07, 6.45) is 2.26. The van der Waals surface area contributed by atoms with E-state index in [0.717, 1.165) is 63.6 Å². The van der Waals surface area contributed by atoms with E-state index in [0.29, 0.717) is 0 Å². The van der Waals surface area contributed by atoms with E-state index in [9.17, 15) is 0 Å². The Morgan fingerprint density at radius 1 is 0.480 bits per heavy atom. The molecule has 7 aromatic carbocycles. The maximum absolute atomic E-state index is 7.58. The molecule has 11 rings (SSSR count). The van der Waals surface area contributed by atoms with Gasteiger partial charge in [-0.15, -0.1) is 0 Å². The molecule has 0 N–H and O–H groups in total. The number of furan rings is 1. The van der Waals surface area contributed by atoms with Gasteiger partial charge in [-0.3, -0.25) is 0 Å². The molecule has 0 bridgehead atoms. The van der Waals surface area contributed by atoms with Crippen molar-refractivity contribution in [1.29, 1.82) is 0 Å². The van der Waals surface area contributed by atoms with E-state index in [4.69, 9.17) is 4.42 Å². The topological polar surface area (TPSA) is 22.9 Å². The highest BCUT2D eigenvalue weighted by molar-refractivity contribution is 7.00. The van der Waals surface area contributed by atoms with Gasteiger partial charge in [-0.2, -0.15) is 0 Å². The van der Waals surface area contributed by atoms with Crippen LogP contribution < -0.4 is 31.3 Å². The molecule has 0 saturated carbocycles. The van der Waals surface area contributed by atoms with Crippen LogP contribution in [0.25, 0.3) is 11.0 Å². The Bertz CT molecular complexity index is 3500. The maximum Gasteiger partial charge on any atom is 0.297 e. The highest BCUT2D eigenvalue weighted by Crippen LogP contribution is 2.54. The Kier molecular flexibility index (Phi) is 11.5. The molecule has 0 radical (unpaired) electrons. The lowest BCUT2D eigenvalue weighted by Crippen LogP contribution is -2.61. The average molecular weight is 990 g/mol. The summed E-state index contributed by atoms with van der Waals surface area (Å²) < 4.78 is 7.58. The molecule has 2 aliphatic heterocycles. The second-order valence-corrected chi connectivity index (χ2v) is 28.0. The lowest BCUT2D eigenvalue weighted by Gasteiger charge is -2.47. The number of nitrogens with zero attached hydrogens (tertiary/aromatic N) is 3. The predicted octanol–water partition coefficient (Wildman–Crippen LogP) is 18.1. The van der Waals surface area contributed by atoms with Crippen molar-refractivity contribution in [1.82, 2.24) is 0 Å². The van der Waals surface area contributed by atoms with Crippen molar-refractivity contribution in [3.63, 3.8) is 0 Å². The zero-order valence-electron chi connectivity index (χ0n) is 48.4. The molecule has 75 heavy (non-hydrogen) atoms. The van der Waals surface area contributed by atoms with Gasteiger partial charge in [-0.1, -0.05) is 178 Å². The minimum Gasteiger partial charge on any atom is -0.468 e. The van der Waals surface area contributed by atoms with Gasteiger partial charge >= 0.3 is 0 Å². The fourth-order valence-corrected chi connectivity index (χ4v) is 12.4. The Morgan fingerprint density at radius 3 is 1.49 bits per heavy atom. The molecule has 0 saturated heterocycles. The van der Waals surface area contributed by atoms with Crippen molar-refractivity contribution in [2.45, 2.75) is 170 Å². The third-order valence-corrected chi connectivity index (χ3v) is 17.4. The highest BCUT2D eigenvalue weighted by Gasteiger charge is 2.50. The number of fused-ring (bicyclic) bond motifs is 7. The molecule has 1 aromatic heterocycles. The van der Waals surface area contributed by atoms with Gasteiger partial charge in [0, 0.05) is 45.2 Å². The van der Waals surface area contributed by atoms with E-state index in [1.54, 1.807) is 0 Å². The molecular formula is C70H80BN3O. The minimum atomic E-state index is -0.203. The summed E-state index contributed by atoms with van der Waals surface area (Å²) in [5.74, 6) is 0. The zero-order valence-corrected chi connectivity index (χ0v) is 48.4. The van der Waals surface area contributed by atoms with Crippen LogP contribution in [0.3, 0.4) is 0 Å². The molecule has 3 heterocycles. The van der Waals surface area contributed by atoms with Crippen LogP contribution in [0, 0.1) is 13.8 Å². The first-order chi connectivity index (χ1) is 35.0. The third kappa shape index (κ3) is 8.43. The first kappa shape index (κ1) is 50.7. The SMILES string of the molecule is Cc1ccccc1N(c1cc2c3c(c1)N(c1ccc(C(C)(C)C)cc1)c1c(oc4ccc(C(C)(C)C)cc14)B3c1cc3c(cc1N2c1cc(C(C)(C)C)cc(C(C)(C)C)c1)C(C)(C)CCC3(C)C)c1ccccc1C. The molecule has 0 atom stereocenters. The number of rotatable bonds is 5. The van der Waals surface area contributed by atoms with Gasteiger partial charge in [0.25, 0.3) is 6.71 Å². The normalized spacial score (nSPS) is 15.9. The predicted molar refractivity (Wildman–Crippen MR) is 324 cm³/mol. The fraction of sp³-hybridized carbons (Fsp3) is 0.371. The van der Waals surface area contributed by atoms with Crippen LogP contribution in [0.4, 0.5) is 51.2 Å². The fourth-order valence-electron chi connectivity index (χ4n) is 12.4. The molecule has 0 fully saturated rings. The molecule has 0 spiro atoms. The maximum atomic E-state index is 7.58. The number of aryl methyl sites for hydroxylation is 2. The summed E-state index contributed by atoms with van der Waals surface area (Å²) in [6, 6.07) is 51.9. The Balaban J connectivity index is 1.36. The molecule has 0 unspecified atom stereocenters. The van der Waals surface area contributed by atoms with Crippen LogP contribution in [-0.2, 0) is 32.5 Å². The van der Waals surface area contributed by atoms with Gasteiger partial charge in [-0.05, 0) is 181 Å². The molecule has 0 amide bonds. The first-order valence-corrected chi connectivity index (χ1v) is 27.7. The lowest BCUT2D eigenvalue weighted by atomic mass is 9.35. The molecule has 384 valence electrons. The quantitative estimate of drug-likeness (QED) is 0.160. The number of para-hydroxylation sites is 2. The van der Waals surface area contributed by atoms with E-state index in [1.807, 2.05) is 0 Å². The number of hydrogen-bond donors (Lipinski definition) is 0. The lowest BCUT2D eigenvalue weighted by molar-refractivity contribution is 0.332. The minimum absolute atomic E-state index is 0.0134. The van der Waals surface area contributed by atoms with Crippen LogP contribution in [0.2, 0.25) is 0 Å². The Labute approximate surface area is 450 Å². The summed E-state index contributed by atoms with van der Waals surface area (Å²) >= 11 is 0. The Morgan fingerprint density at radius 2 is 0.973 bits per heavy atom. The van der Waals surface area contributed by atoms with E-state index in [1.165, 1.54) is 72.5 Å². The van der Waals surface area contributed by atoms with E-state index >= 15 is 0 Å². The monoisotopic (exact) mass is 990 g/mol. The average Bonchev–Trinajstić information content (AvgIpc) is 3.72. The second-order valence-electron chi connectivity index (χ2n) is 28.0. The standard InChI is InChI=1S/C70H80BN3O/c1-43-23-19-21-25-56(43)72(57-26-22-20-24-44(57)2)51-39-59-62-60(40-51)74(49-30-27-45(28-31-49)65(3,4)5)63-52-38-46(66(6,7)8)29-32-61(52)75-64(63)71(62)55-41-53-54(70(17,18)34-33-69(53,15)16)42-58(55)73(59)50-36-47(67(9,10)11)35-48(37-50)68(12,13)14/h19-32,35-42H,33-34H2,1-18H3. The van der Waals surface area contributed by atoms with Crippen molar-refractivity contribution in [2.24, 2.45) is 0 Å². The number of benzene rings is 7. The van der Waals surface area contributed by atoms with Crippen molar-refractivity contribution >= 4 is 85.5 Å². The summed E-state index contributed by atoms with van der Waals surface area (Å²) in [6.45, 7) is 42.2. The molecular weight excluding hydrogens is 910 g/mol. The molecule has 1 aliphatic carbocycles. The van der Waals surface area contributed by atoms with Crippen molar-refractivity contribution in [3.8, 4) is 0 Å². The van der Waals surface area contributed by atoms with E-state index in [2.05, 4.69) is 273 Å². The zero-order chi connectivity index (χ0) is 53.7. The summed E-state index contributed by atoms with van der Waals surface area (Å²) in [5.41, 5.74) is 25.1. The van der Waals surface area contributed by atoms with Crippen LogP contribution >= 0.6 is 0 Å². The van der Waals surface area contributed by atoms with Gasteiger partial charge in [0.2, 0.25) is 0 Å². The second kappa shape index (κ2) is 17.0. The van der Waals surface area contributed by atoms with E-state index < -0.39 is 0 Å². The molecule has 4 nitrogen and oxygen atoms in total. The van der Waals surface area contributed by atoms with Crippen LogP contribution in [0.5, 0.6) is 0 Å². The Hall–Kier alpha value is -6.46. The largest absolute Gasteiger partial charge is 0.468 e. The smallest absolute Gasteiger partial charge is 0.297 e. The molecule has 8 aromatic rings. The van der Waals surface area contributed by atoms with Gasteiger partial charge < -0.3 is 19.1 Å². The van der Waals surface area contributed by atoms with Crippen LogP contribution in [0.15, 0.2) is 138 Å². The van der Waals surface area contributed by atoms with Crippen molar-refractivity contribution < 1.29 is 4.42 Å². The van der Waals surface area contributed by atoms with Crippen molar-refractivity contribution in [3.05, 3.63) is 178 Å². The van der Waals surface area contributed by atoms with Gasteiger partial charge in [0.05, 0.1) is 17.0 Å². The van der Waals surface area contributed by atoms with Crippen LogP contribution in [0.1, 0.15) is 168 Å². The highest BCUT2D eigenvalue weighted by atomic mass is 16.3. The summed E-state index contributed by atoms with van der Waals surface area (Å²) in [7, 11) is 0. The van der Waals surface area contributed by atoms with Gasteiger partial charge in [-0.25, -0.2) is 0 Å². The number of anilines is 9. The summed E-state index contributed by atoms with van der Waals surface area (Å²) in [5, 5.41) is 1.14.